The smallest absolute Gasteiger partial charge is 0.323 e. The lowest BCUT2D eigenvalue weighted by molar-refractivity contribution is -0.140. The van der Waals surface area contributed by atoms with Gasteiger partial charge in [-0.2, -0.15) is 0 Å². The Bertz CT molecular complexity index is 1060. The number of aliphatic carboxylic acids is 1. The molecule has 0 aromatic heterocycles. The number of nitrogens with zero attached hydrogens (tertiary/aromatic N) is 1. The zero-order valence-corrected chi connectivity index (χ0v) is 19.3. The van der Waals surface area contributed by atoms with E-state index < -0.39 is 23.7 Å². The van der Waals surface area contributed by atoms with E-state index in [4.69, 9.17) is 26.2 Å². The number of carbonyl (C=O) groups excluding carboxylic acids is 2. The molecule has 30 heavy (non-hydrogen) atoms. The number of ether oxygens (including phenoxy) is 2. The minimum absolute atomic E-state index is 0.142. The van der Waals surface area contributed by atoms with Gasteiger partial charge in [-0.1, -0.05) is 29.8 Å². The third-order valence-electron chi connectivity index (χ3n) is 4.05. The highest BCUT2D eigenvalue weighted by Gasteiger charge is 2.36. The summed E-state index contributed by atoms with van der Waals surface area (Å²) in [4.78, 5) is 35.9. The first-order valence-electron chi connectivity index (χ1n) is 8.51. The summed E-state index contributed by atoms with van der Waals surface area (Å²) in [5.74, 6) is -0.922. The summed E-state index contributed by atoms with van der Waals surface area (Å²) in [6.07, 6.45) is 1.52. The molecule has 0 saturated carbocycles. The van der Waals surface area contributed by atoms with Crippen LogP contribution in [0.5, 0.6) is 11.5 Å². The van der Waals surface area contributed by atoms with E-state index in [1.807, 2.05) is 18.2 Å². The lowest BCUT2D eigenvalue weighted by Gasteiger charge is -2.14. The van der Waals surface area contributed by atoms with Crippen molar-refractivity contribution in [2.45, 2.75) is 6.61 Å². The second kappa shape index (κ2) is 9.71. The van der Waals surface area contributed by atoms with Gasteiger partial charge < -0.3 is 14.6 Å². The molecule has 2 aromatic rings. The van der Waals surface area contributed by atoms with Gasteiger partial charge in [-0.15, -0.1) is 0 Å². The van der Waals surface area contributed by atoms with Gasteiger partial charge >= 0.3 is 5.97 Å². The first-order chi connectivity index (χ1) is 14.3. The molecule has 10 heteroatoms. The molecule has 1 aliphatic heterocycles. The number of imide groups is 1. The molecule has 0 spiro atoms. The van der Waals surface area contributed by atoms with Crippen molar-refractivity contribution in [1.82, 2.24) is 4.90 Å². The average Bonchev–Trinajstić information content (AvgIpc) is 2.95. The maximum Gasteiger partial charge on any atom is 0.323 e. The SMILES string of the molecule is COc1cc(/C=C2/SC(=O)N(CC(=O)O)C2=O)cc(I)c1OCc1ccccc1Cl. The molecule has 0 radical (unpaired) electrons. The lowest BCUT2D eigenvalue weighted by Crippen LogP contribution is -2.33. The first-order valence-corrected chi connectivity index (χ1v) is 10.8. The van der Waals surface area contributed by atoms with Gasteiger partial charge in [-0.05, 0) is 64.2 Å². The Balaban J connectivity index is 1.84. The predicted molar refractivity (Wildman–Crippen MR) is 122 cm³/mol. The van der Waals surface area contributed by atoms with Crippen LogP contribution < -0.4 is 9.47 Å². The van der Waals surface area contributed by atoms with Crippen molar-refractivity contribution in [3.63, 3.8) is 0 Å². The van der Waals surface area contributed by atoms with Crippen LogP contribution in [-0.4, -0.2) is 40.8 Å². The van der Waals surface area contributed by atoms with E-state index in [2.05, 4.69) is 22.6 Å². The van der Waals surface area contributed by atoms with Gasteiger partial charge in [0.05, 0.1) is 15.6 Å². The summed E-state index contributed by atoms with van der Waals surface area (Å²) in [6, 6.07) is 10.8. The van der Waals surface area contributed by atoms with Crippen LogP contribution in [0.2, 0.25) is 5.02 Å². The Kier molecular flexibility index (Phi) is 7.27. The highest BCUT2D eigenvalue weighted by atomic mass is 127. The van der Waals surface area contributed by atoms with Crippen molar-refractivity contribution < 1.29 is 29.0 Å². The normalized spacial score (nSPS) is 15.0. The predicted octanol–water partition coefficient (Wildman–Crippen LogP) is 4.65. The van der Waals surface area contributed by atoms with E-state index in [1.165, 1.54) is 13.2 Å². The lowest BCUT2D eigenvalue weighted by atomic mass is 10.1. The monoisotopic (exact) mass is 559 g/mol. The maximum atomic E-state index is 12.3. The van der Waals surface area contributed by atoms with Crippen LogP contribution in [0, 0.1) is 3.57 Å². The number of halogens is 2. The van der Waals surface area contributed by atoms with E-state index >= 15 is 0 Å². The van der Waals surface area contributed by atoms with Crippen LogP contribution in [0.3, 0.4) is 0 Å². The summed E-state index contributed by atoms with van der Waals surface area (Å²) >= 11 is 8.96. The molecule has 3 rings (SSSR count). The molecule has 0 unspecified atom stereocenters. The minimum atomic E-state index is -1.25. The van der Waals surface area contributed by atoms with Gasteiger partial charge in [0, 0.05) is 10.6 Å². The molecule has 1 fully saturated rings. The molecule has 7 nitrogen and oxygen atoms in total. The summed E-state index contributed by atoms with van der Waals surface area (Å²) < 4.78 is 12.1. The molecule has 0 atom stereocenters. The fourth-order valence-electron chi connectivity index (χ4n) is 2.65. The van der Waals surface area contributed by atoms with E-state index in [9.17, 15) is 14.4 Å². The molecule has 0 bridgehead atoms. The van der Waals surface area contributed by atoms with Gasteiger partial charge in [0.25, 0.3) is 11.1 Å². The number of thioether (sulfide) groups is 1. The molecule has 1 saturated heterocycles. The molecule has 156 valence electrons. The summed E-state index contributed by atoms with van der Waals surface area (Å²) in [5.41, 5.74) is 1.44. The Morgan fingerprint density at radius 3 is 2.70 bits per heavy atom. The molecule has 0 aliphatic carbocycles. The topological polar surface area (TPSA) is 93.1 Å². The van der Waals surface area contributed by atoms with Crippen LogP contribution in [0.1, 0.15) is 11.1 Å². The van der Waals surface area contributed by atoms with Crippen molar-refractivity contribution in [1.29, 1.82) is 0 Å². The average molecular weight is 560 g/mol. The van der Waals surface area contributed by atoms with Gasteiger partial charge in [0.2, 0.25) is 0 Å². The zero-order chi connectivity index (χ0) is 21.8. The van der Waals surface area contributed by atoms with E-state index in [1.54, 1.807) is 18.2 Å². The standard InChI is InChI=1S/C20H15ClINO6S/c1-28-15-7-11(8-16-19(26)23(9-17(24)25)20(27)30-16)6-14(22)18(15)29-10-12-4-2-3-5-13(12)21/h2-8H,9-10H2,1H3,(H,24,25)/b16-8+. The number of amides is 2. The number of carboxylic acids is 1. The first kappa shape index (κ1) is 22.4. The number of hydrogen-bond donors (Lipinski definition) is 1. The number of hydrogen-bond acceptors (Lipinski definition) is 6. The van der Waals surface area contributed by atoms with Crippen molar-refractivity contribution >= 4 is 69.1 Å². The fraction of sp³-hybridized carbons (Fsp3) is 0.150. The van der Waals surface area contributed by atoms with Crippen LogP contribution in [0.15, 0.2) is 41.3 Å². The molecule has 1 N–H and O–H groups in total. The molecule has 1 heterocycles. The second-order valence-corrected chi connectivity index (χ2v) is 8.64. The minimum Gasteiger partial charge on any atom is -0.493 e. The number of methoxy groups -OCH3 is 1. The summed E-state index contributed by atoms with van der Waals surface area (Å²) in [6.45, 7) is -0.419. The Morgan fingerprint density at radius 2 is 2.03 bits per heavy atom. The second-order valence-electron chi connectivity index (χ2n) is 6.08. The fourth-order valence-corrected chi connectivity index (χ4v) is 4.46. The van der Waals surface area contributed by atoms with Gasteiger partial charge in [-0.25, -0.2) is 0 Å². The summed E-state index contributed by atoms with van der Waals surface area (Å²) in [5, 5.41) is 8.84. The summed E-state index contributed by atoms with van der Waals surface area (Å²) in [7, 11) is 1.50. The highest BCUT2D eigenvalue weighted by Crippen LogP contribution is 2.37. The molecule has 2 amide bonds. The van der Waals surface area contributed by atoms with Crippen molar-refractivity contribution in [2.75, 3.05) is 13.7 Å². The number of carboxylic acid groups (broad SMARTS) is 1. The van der Waals surface area contributed by atoms with E-state index in [0.29, 0.717) is 38.7 Å². The Morgan fingerprint density at radius 1 is 1.30 bits per heavy atom. The van der Waals surface area contributed by atoms with Crippen LogP contribution >= 0.6 is 46.0 Å². The van der Waals surface area contributed by atoms with Crippen LogP contribution in [-0.2, 0) is 16.2 Å². The molecule has 2 aromatic carbocycles. The van der Waals surface area contributed by atoms with E-state index in [-0.39, 0.29) is 11.5 Å². The quantitative estimate of drug-likeness (QED) is 0.390. The van der Waals surface area contributed by atoms with Gasteiger partial charge in [0.1, 0.15) is 13.2 Å². The Labute approximate surface area is 195 Å². The molecular weight excluding hydrogens is 545 g/mol. The van der Waals surface area contributed by atoms with E-state index in [0.717, 1.165) is 9.13 Å². The molecular formula is C20H15ClINO6S. The molecule has 1 aliphatic rings. The third-order valence-corrected chi connectivity index (χ3v) is 6.12. The van der Waals surface area contributed by atoms with Gasteiger partial charge in [0.15, 0.2) is 11.5 Å². The zero-order valence-electron chi connectivity index (χ0n) is 15.6. The number of benzene rings is 2. The highest BCUT2D eigenvalue weighted by molar-refractivity contribution is 14.1. The van der Waals surface area contributed by atoms with Crippen LogP contribution in [0.25, 0.3) is 6.08 Å². The third kappa shape index (κ3) is 5.08. The largest absolute Gasteiger partial charge is 0.493 e. The Hall–Kier alpha value is -2.24. The number of rotatable bonds is 7. The van der Waals surface area contributed by atoms with Crippen molar-refractivity contribution in [3.8, 4) is 11.5 Å². The van der Waals surface area contributed by atoms with Crippen molar-refractivity contribution in [3.05, 3.63) is 61.0 Å². The van der Waals surface area contributed by atoms with Crippen LogP contribution in [0.4, 0.5) is 4.79 Å². The maximum absolute atomic E-state index is 12.3. The van der Waals surface area contributed by atoms with Gasteiger partial charge in [-0.3, -0.25) is 19.3 Å². The number of carbonyl (C=O) groups is 3. The van der Waals surface area contributed by atoms with Crippen molar-refractivity contribution in [2.24, 2.45) is 0 Å².